The van der Waals surface area contributed by atoms with Gasteiger partial charge in [0, 0.05) is 23.4 Å². The van der Waals surface area contributed by atoms with E-state index in [0.717, 1.165) is 41.1 Å². The zero-order chi connectivity index (χ0) is 23.4. The Bertz CT molecular complexity index is 1190. The first-order valence-electron chi connectivity index (χ1n) is 11.1. The van der Waals surface area contributed by atoms with Crippen LogP contribution in [0.1, 0.15) is 39.2 Å². The number of rotatable bonds is 8. The van der Waals surface area contributed by atoms with E-state index in [1.165, 1.54) is 11.8 Å². The highest BCUT2D eigenvalue weighted by molar-refractivity contribution is 8.26. The average Bonchev–Trinajstić information content (AvgIpc) is 3.35. The second kappa shape index (κ2) is 10.4. The average molecular weight is 478 g/mol. The monoisotopic (exact) mass is 477 g/mol. The van der Waals surface area contributed by atoms with Crippen LogP contribution in [0.15, 0.2) is 65.7 Å². The lowest BCUT2D eigenvalue weighted by atomic mass is 10.1. The molecule has 0 unspecified atom stereocenters. The Morgan fingerprint density at radius 3 is 2.64 bits per heavy atom. The van der Waals surface area contributed by atoms with Crippen molar-refractivity contribution in [2.24, 2.45) is 0 Å². The molecule has 0 bridgehead atoms. The van der Waals surface area contributed by atoms with Crippen molar-refractivity contribution in [1.29, 1.82) is 0 Å². The van der Waals surface area contributed by atoms with Gasteiger partial charge in [0.2, 0.25) is 0 Å². The number of nitrogens with zero attached hydrogens (tertiary/aromatic N) is 3. The van der Waals surface area contributed by atoms with Crippen LogP contribution in [0.4, 0.5) is 0 Å². The second-order valence-electron chi connectivity index (χ2n) is 8.09. The maximum atomic E-state index is 13.0. The highest BCUT2D eigenvalue weighted by Gasteiger charge is 2.34. The van der Waals surface area contributed by atoms with Crippen LogP contribution in [0.3, 0.4) is 0 Å². The lowest BCUT2D eigenvalue weighted by Crippen LogP contribution is -2.34. The van der Waals surface area contributed by atoms with Gasteiger partial charge in [0.25, 0.3) is 5.91 Å². The number of amides is 1. The van der Waals surface area contributed by atoms with Crippen LogP contribution < -0.4 is 4.74 Å². The molecule has 33 heavy (non-hydrogen) atoms. The Labute approximate surface area is 204 Å². The van der Waals surface area contributed by atoms with Gasteiger partial charge in [0.15, 0.2) is 0 Å². The van der Waals surface area contributed by atoms with E-state index in [4.69, 9.17) is 22.1 Å². The fourth-order valence-corrected chi connectivity index (χ4v) is 5.08. The number of aromatic nitrogens is 2. The lowest BCUT2D eigenvalue weighted by Gasteiger charge is -2.18. The summed E-state index contributed by atoms with van der Waals surface area (Å²) in [5.74, 6) is 0.752. The van der Waals surface area contributed by atoms with Gasteiger partial charge in [0.05, 0.1) is 17.2 Å². The number of carbonyl (C=O) groups excluding carboxylic acids is 1. The third kappa shape index (κ3) is 5.20. The lowest BCUT2D eigenvalue weighted by molar-refractivity contribution is -0.123. The Morgan fingerprint density at radius 1 is 1.15 bits per heavy atom. The summed E-state index contributed by atoms with van der Waals surface area (Å²) < 4.78 is 8.34. The van der Waals surface area contributed by atoms with Crippen LogP contribution in [-0.2, 0) is 4.79 Å². The van der Waals surface area contributed by atoms with E-state index in [9.17, 15) is 4.79 Å². The normalized spacial score (nSPS) is 15.2. The summed E-state index contributed by atoms with van der Waals surface area (Å²) >= 11 is 6.79. The summed E-state index contributed by atoms with van der Waals surface area (Å²) in [6.45, 7) is 6.76. The second-order valence-corrected chi connectivity index (χ2v) is 9.76. The van der Waals surface area contributed by atoms with Gasteiger partial charge in [-0.3, -0.25) is 9.69 Å². The molecular weight excluding hydrogens is 450 g/mol. The minimum Gasteiger partial charge on any atom is -0.494 e. The third-order valence-electron chi connectivity index (χ3n) is 5.26. The van der Waals surface area contributed by atoms with Gasteiger partial charge in [0.1, 0.15) is 15.8 Å². The molecule has 0 atom stereocenters. The highest BCUT2D eigenvalue weighted by Crippen LogP contribution is 2.36. The van der Waals surface area contributed by atoms with Crippen molar-refractivity contribution >= 4 is 40.3 Å². The third-order valence-corrected chi connectivity index (χ3v) is 6.59. The summed E-state index contributed by atoms with van der Waals surface area (Å²) in [7, 11) is 0. The molecule has 1 saturated heterocycles. The van der Waals surface area contributed by atoms with Crippen molar-refractivity contribution in [2.75, 3.05) is 6.61 Å². The van der Waals surface area contributed by atoms with Gasteiger partial charge >= 0.3 is 0 Å². The number of thioether (sulfide) groups is 1. The topological polar surface area (TPSA) is 47.4 Å². The SMILES string of the molecule is CCCCOc1cccc(-c2nn(-c3ccccc3)cc2C=C2SC(=S)N(C(C)C)C2=O)c1. The fourth-order valence-electron chi connectivity index (χ4n) is 3.56. The summed E-state index contributed by atoms with van der Waals surface area (Å²) in [4.78, 5) is 15.3. The summed E-state index contributed by atoms with van der Waals surface area (Å²) in [6, 6.07) is 17.9. The van der Waals surface area contributed by atoms with Crippen molar-refractivity contribution in [3.8, 4) is 22.7 Å². The molecule has 2 heterocycles. The maximum Gasteiger partial charge on any atom is 0.266 e. The zero-order valence-corrected chi connectivity index (χ0v) is 20.7. The number of hydrogen-bond acceptors (Lipinski definition) is 5. The molecule has 7 heteroatoms. The Kier molecular flexibility index (Phi) is 7.30. The molecule has 1 fully saturated rings. The fraction of sp³-hybridized carbons (Fsp3) is 0.269. The van der Waals surface area contributed by atoms with Crippen molar-refractivity contribution in [3.63, 3.8) is 0 Å². The van der Waals surface area contributed by atoms with Crippen molar-refractivity contribution in [1.82, 2.24) is 14.7 Å². The summed E-state index contributed by atoms with van der Waals surface area (Å²) in [6.07, 6.45) is 5.95. The summed E-state index contributed by atoms with van der Waals surface area (Å²) in [5, 5.41) is 4.88. The minimum absolute atomic E-state index is 0.0202. The standard InChI is InChI=1S/C26H27N3O2S2/c1-4-5-14-31-22-13-9-10-19(15-22)24-20(17-28(27-24)21-11-7-6-8-12-21)16-23-25(30)29(18(2)3)26(32)33-23/h6-13,15-18H,4-5,14H2,1-3H3. The molecule has 0 saturated carbocycles. The number of hydrogen-bond donors (Lipinski definition) is 0. The van der Waals surface area contributed by atoms with E-state index in [1.54, 1.807) is 4.90 Å². The van der Waals surface area contributed by atoms with Crippen LogP contribution in [0.25, 0.3) is 23.0 Å². The number of ether oxygens (including phenoxy) is 1. The van der Waals surface area contributed by atoms with Gasteiger partial charge in [-0.05, 0) is 50.6 Å². The van der Waals surface area contributed by atoms with Gasteiger partial charge in [-0.1, -0.05) is 67.7 Å². The van der Waals surface area contributed by atoms with Crippen molar-refractivity contribution in [2.45, 2.75) is 39.7 Å². The predicted molar refractivity (Wildman–Crippen MR) is 140 cm³/mol. The van der Waals surface area contributed by atoms with E-state index in [2.05, 4.69) is 6.92 Å². The first-order valence-corrected chi connectivity index (χ1v) is 12.4. The molecular formula is C26H27N3O2S2. The number of carbonyl (C=O) groups is 1. The van der Waals surface area contributed by atoms with Crippen LogP contribution in [-0.4, -0.2) is 37.6 Å². The van der Waals surface area contributed by atoms with E-state index in [0.29, 0.717) is 15.8 Å². The van der Waals surface area contributed by atoms with Crippen molar-refractivity contribution < 1.29 is 9.53 Å². The first-order chi connectivity index (χ1) is 16.0. The molecule has 2 aromatic carbocycles. The van der Waals surface area contributed by atoms with Crippen LogP contribution in [0.5, 0.6) is 5.75 Å². The quantitative estimate of drug-likeness (QED) is 0.216. The molecule has 0 radical (unpaired) electrons. The molecule has 170 valence electrons. The Balaban J connectivity index is 1.76. The minimum atomic E-state index is -0.0601. The number of unbranched alkanes of at least 4 members (excludes halogenated alkanes) is 1. The molecule has 0 spiro atoms. The largest absolute Gasteiger partial charge is 0.494 e. The molecule has 1 amide bonds. The van der Waals surface area contributed by atoms with E-state index >= 15 is 0 Å². The molecule has 3 aromatic rings. The smallest absolute Gasteiger partial charge is 0.266 e. The Hall–Kier alpha value is -2.90. The number of para-hydroxylation sites is 1. The van der Waals surface area contributed by atoms with Gasteiger partial charge in [-0.15, -0.1) is 0 Å². The molecule has 1 aliphatic rings. The van der Waals surface area contributed by atoms with Gasteiger partial charge in [-0.2, -0.15) is 5.10 Å². The van der Waals surface area contributed by atoms with E-state index < -0.39 is 0 Å². The highest BCUT2D eigenvalue weighted by atomic mass is 32.2. The number of benzene rings is 2. The van der Waals surface area contributed by atoms with Crippen LogP contribution in [0.2, 0.25) is 0 Å². The van der Waals surface area contributed by atoms with Gasteiger partial charge < -0.3 is 4.74 Å². The van der Waals surface area contributed by atoms with Gasteiger partial charge in [-0.25, -0.2) is 4.68 Å². The summed E-state index contributed by atoms with van der Waals surface area (Å²) in [5.41, 5.74) is 3.52. The maximum absolute atomic E-state index is 13.0. The number of thiocarbonyl (C=S) groups is 1. The molecule has 0 aliphatic carbocycles. The molecule has 4 rings (SSSR count). The molecule has 5 nitrogen and oxygen atoms in total. The van der Waals surface area contributed by atoms with E-state index in [1.807, 2.05) is 85.4 Å². The van der Waals surface area contributed by atoms with E-state index in [-0.39, 0.29) is 11.9 Å². The molecule has 1 aromatic heterocycles. The molecule has 1 aliphatic heterocycles. The Morgan fingerprint density at radius 2 is 1.94 bits per heavy atom. The predicted octanol–water partition coefficient (Wildman–Crippen LogP) is 6.33. The van der Waals surface area contributed by atoms with Crippen molar-refractivity contribution in [3.05, 3.63) is 71.3 Å². The van der Waals surface area contributed by atoms with Crippen LogP contribution >= 0.6 is 24.0 Å². The first kappa shape index (κ1) is 23.3. The zero-order valence-electron chi connectivity index (χ0n) is 19.0. The van der Waals surface area contributed by atoms with Crippen LogP contribution in [0, 0.1) is 0 Å². The molecule has 0 N–H and O–H groups in total.